The van der Waals surface area contributed by atoms with Gasteiger partial charge in [0.05, 0.1) is 19.3 Å². The lowest BCUT2D eigenvalue weighted by atomic mass is 10.2. The number of nitrogens with zero attached hydrogens (tertiary/aromatic N) is 2. The van der Waals surface area contributed by atoms with Crippen LogP contribution in [0.15, 0.2) is 24.3 Å². The predicted octanol–water partition coefficient (Wildman–Crippen LogP) is 0.927. The Morgan fingerprint density at radius 1 is 1.32 bits per heavy atom. The molecule has 1 aliphatic rings. The van der Waals surface area contributed by atoms with E-state index in [4.69, 9.17) is 14.7 Å². The zero-order valence-electron chi connectivity index (χ0n) is 12.6. The molecule has 1 aliphatic heterocycles. The third kappa shape index (κ3) is 5.72. The van der Waals surface area contributed by atoms with E-state index in [1.54, 1.807) is 0 Å². The second kappa shape index (κ2) is 9.03. The highest BCUT2D eigenvalue weighted by Gasteiger charge is 2.09. The van der Waals surface area contributed by atoms with E-state index in [-0.39, 0.29) is 12.3 Å². The number of nitriles is 1. The largest absolute Gasteiger partial charge is 0.492 e. The van der Waals surface area contributed by atoms with E-state index < -0.39 is 0 Å². The van der Waals surface area contributed by atoms with Crippen LogP contribution in [0.4, 0.5) is 0 Å². The van der Waals surface area contributed by atoms with E-state index in [2.05, 4.69) is 10.2 Å². The average molecular weight is 303 g/mol. The number of carbonyl (C=O) groups is 1. The summed E-state index contributed by atoms with van der Waals surface area (Å²) >= 11 is 0. The smallest absolute Gasteiger partial charge is 0.234 e. The van der Waals surface area contributed by atoms with Crippen molar-refractivity contribution in [2.45, 2.75) is 13.0 Å². The van der Waals surface area contributed by atoms with Gasteiger partial charge in [-0.2, -0.15) is 5.26 Å². The maximum Gasteiger partial charge on any atom is 0.234 e. The molecule has 22 heavy (non-hydrogen) atoms. The number of carbonyl (C=O) groups excluding carboxylic acids is 1. The minimum Gasteiger partial charge on any atom is -0.492 e. The standard InChI is InChI=1S/C16H21N3O3/c17-6-5-16(20)18-13-14-1-3-15(4-2-14)22-12-9-19-7-10-21-11-8-19/h1-4H,5,7-13H2,(H,18,20). The number of hydrogen-bond donors (Lipinski definition) is 1. The zero-order chi connectivity index (χ0) is 15.6. The van der Waals surface area contributed by atoms with Gasteiger partial charge in [0.2, 0.25) is 5.91 Å². The van der Waals surface area contributed by atoms with Crippen LogP contribution < -0.4 is 10.1 Å². The van der Waals surface area contributed by atoms with E-state index in [1.165, 1.54) is 0 Å². The molecular weight excluding hydrogens is 282 g/mol. The van der Waals surface area contributed by atoms with E-state index in [0.717, 1.165) is 44.2 Å². The van der Waals surface area contributed by atoms with Crippen LogP contribution in [0.25, 0.3) is 0 Å². The Bertz CT molecular complexity index is 504. The van der Waals surface area contributed by atoms with Crippen molar-refractivity contribution in [2.75, 3.05) is 39.5 Å². The fourth-order valence-corrected chi connectivity index (χ4v) is 2.16. The predicted molar refractivity (Wildman–Crippen MR) is 81.3 cm³/mol. The number of rotatable bonds is 7. The van der Waals surface area contributed by atoms with Gasteiger partial charge in [0.25, 0.3) is 0 Å². The molecule has 0 atom stereocenters. The van der Waals surface area contributed by atoms with Gasteiger partial charge in [0, 0.05) is 26.2 Å². The Morgan fingerprint density at radius 3 is 2.73 bits per heavy atom. The first-order chi connectivity index (χ1) is 10.8. The van der Waals surface area contributed by atoms with Gasteiger partial charge in [-0.1, -0.05) is 12.1 Å². The Balaban J connectivity index is 1.67. The molecule has 1 N–H and O–H groups in total. The van der Waals surface area contributed by atoms with E-state index in [0.29, 0.717) is 13.2 Å². The molecule has 0 bridgehead atoms. The number of amides is 1. The van der Waals surface area contributed by atoms with Gasteiger partial charge >= 0.3 is 0 Å². The first-order valence-electron chi connectivity index (χ1n) is 7.43. The number of nitrogens with one attached hydrogen (secondary N) is 1. The lowest BCUT2D eigenvalue weighted by Crippen LogP contribution is -2.38. The van der Waals surface area contributed by atoms with Gasteiger partial charge in [-0.25, -0.2) is 0 Å². The van der Waals surface area contributed by atoms with Crippen LogP contribution in [0.2, 0.25) is 0 Å². The van der Waals surface area contributed by atoms with Gasteiger partial charge < -0.3 is 14.8 Å². The van der Waals surface area contributed by atoms with Crippen molar-refractivity contribution in [1.82, 2.24) is 10.2 Å². The summed E-state index contributed by atoms with van der Waals surface area (Å²) in [5, 5.41) is 11.1. The van der Waals surface area contributed by atoms with Crippen molar-refractivity contribution in [3.05, 3.63) is 29.8 Å². The summed E-state index contributed by atoms with van der Waals surface area (Å²) in [6, 6.07) is 9.43. The highest BCUT2D eigenvalue weighted by molar-refractivity contribution is 5.77. The second-order valence-corrected chi connectivity index (χ2v) is 5.06. The SMILES string of the molecule is N#CCC(=O)NCc1ccc(OCCN2CCOCC2)cc1. The third-order valence-corrected chi connectivity index (χ3v) is 3.43. The average Bonchev–Trinajstić information content (AvgIpc) is 2.55. The van der Waals surface area contributed by atoms with Crippen LogP contribution in [0.5, 0.6) is 5.75 Å². The quantitative estimate of drug-likeness (QED) is 0.811. The highest BCUT2D eigenvalue weighted by Crippen LogP contribution is 2.12. The molecule has 1 saturated heterocycles. The fourth-order valence-electron chi connectivity index (χ4n) is 2.16. The summed E-state index contributed by atoms with van der Waals surface area (Å²) in [6.07, 6.45) is -0.108. The van der Waals surface area contributed by atoms with Crippen LogP contribution in [0.1, 0.15) is 12.0 Å². The Labute approximate surface area is 130 Å². The minimum absolute atomic E-state index is 0.108. The molecule has 118 valence electrons. The summed E-state index contributed by atoms with van der Waals surface area (Å²) < 4.78 is 11.0. The Kier molecular flexibility index (Phi) is 6.68. The van der Waals surface area contributed by atoms with E-state index >= 15 is 0 Å². The lowest BCUT2D eigenvalue weighted by molar-refractivity contribution is -0.120. The Morgan fingerprint density at radius 2 is 2.05 bits per heavy atom. The zero-order valence-corrected chi connectivity index (χ0v) is 12.6. The number of morpholine rings is 1. The molecular formula is C16H21N3O3. The molecule has 6 nitrogen and oxygen atoms in total. The summed E-state index contributed by atoms with van der Waals surface area (Å²) in [4.78, 5) is 13.5. The number of benzene rings is 1. The third-order valence-electron chi connectivity index (χ3n) is 3.43. The summed E-state index contributed by atoms with van der Waals surface area (Å²) in [5.74, 6) is 0.564. The number of hydrogen-bond acceptors (Lipinski definition) is 5. The maximum absolute atomic E-state index is 11.2. The van der Waals surface area contributed by atoms with Crippen molar-refractivity contribution < 1.29 is 14.3 Å². The molecule has 1 aromatic carbocycles. The van der Waals surface area contributed by atoms with Crippen LogP contribution >= 0.6 is 0 Å². The van der Waals surface area contributed by atoms with Crippen molar-refractivity contribution in [1.29, 1.82) is 5.26 Å². The molecule has 0 spiro atoms. The minimum atomic E-state index is -0.256. The van der Waals surface area contributed by atoms with E-state index in [1.807, 2.05) is 30.3 Å². The second-order valence-electron chi connectivity index (χ2n) is 5.06. The highest BCUT2D eigenvalue weighted by atomic mass is 16.5. The molecule has 0 radical (unpaired) electrons. The number of ether oxygens (including phenoxy) is 2. The molecule has 0 unspecified atom stereocenters. The molecule has 1 fully saturated rings. The van der Waals surface area contributed by atoms with Crippen LogP contribution in [0.3, 0.4) is 0 Å². The van der Waals surface area contributed by atoms with Gasteiger partial charge in [-0.15, -0.1) is 0 Å². The van der Waals surface area contributed by atoms with Gasteiger partial charge in [0.1, 0.15) is 18.8 Å². The molecule has 0 saturated carbocycles. The molecule has 2 rings (SSSR count). The molecule has 1 heterocycles. The topological polar surface area (TPSA) is 74.6 Å². The maximum atomic E-state index is 11.2. The normalized spacial score (nSPS) is 15.0. The molecule has 1 aromatic rings. The summed E-state index contributed by atoms with van der Waals surface area (Å²) in [7, 11) is 0. The molecule has 6 heteroatoms. The molecule has 0 aromatic heterocycles. The van der Waals surface area contributed by atoms with Crippen molar-refractivity contribution >= 4 is 5.91 Å². The molecule has 0 aliphatic carbocycles. The Hall–Kier alpha value is -2.10. The van der Waals surface area contributed by atoms with Crippen LogP contribution in [-0.2, 0) is 16.1 Å². The summed E-state index contributed by atoms with van der Waals surface area (Å²) in [6.45, 7) is 5.50. The van der Waals surface area contributed by atoms with E-state index in [9.17, 15) is 4.79 Å². The van der Waals surface area contributed by atoms with Gasteiger partial charge in [-0.3, -0.25) is 9.69 Å². The fraction of sp³-hybridized carbons (Fsp3) is 0.500. The van der Waals surface area contributed by atoms with Gasteiger partial charge in [-0.05, 0) is 17.7 Å². The van der Waals surface area contributed by atoms with Crippen LogP contribution in [0, 0.1) is 11.3 Å². The lowest BCUT2D eigenvalue weighted by Gasteiger charge is -2.26. The summed E-state index contributed by atoms with van der Waals surface area (Å²) in [5.41, 5.74) is 0.979. The molecule has 1 amide bonds. The van der Waals surface area contributed by atoms with Crippen molar-refractivity contribution in [3.8, 4) is 11.8 Å². The van der Waals surface area contributed by atoms with Crippen molar-refractivity contribution in [2.24, 2.45) is 0 Å². The van der Waals surface area contributed by atoms with Crippen LogP contribution in [-0.4, -0.2) is 50.3 Å². The first kappa shape index (κ1) is 16.3. The van der Waals surface area contributed by atoms with Gasteiger partial charge in [0.15, 0.2) is 0 Å². The monoisotopic (exact) mass is 303 g/mol. The van der Waals surface area contributed by atoms with Crippen molar-refractivity contribution in [3.63, 3.8) is 0 Å². The first-order valence-corrected chi connectivity index (χ1v) is 7.43.